The highest BCUT2D eigenvalue weighted by atomic mass is 32.2. The number of hydrogen-bond acceptors (Lipinski definition) is 4. The zero-order chi connectivity index (χ0) is 17.9. The highest BCUT2D eigenvalue weighted by molar-refractivity contribution is 8.24. The van der Waals surface area contributed by atoms with Crippen molar-refractivity contribution in [1.29, 1.82) is 0 Å². The van der Waals surface area contributed by atoms with E-state index in [-0.39, 0.29) is 29.8 Å². The molecule has 4 nitrogen and oxygen atoms in total. The Morgan fingerprint density at radius 3 is 2.71 bits per heavy atom. The zero-order valence-corrected chi connectivity index (χ0v) is 14.4. The highest BCUT2D eigenvalue weighted by Gasteiger charge is 2.35. The second-order valence-electron chi connectivity index (χ2n) is 5.15. The Bertz CT molecular complexity index is 664. The van der Waals surface area contributed by atoms with Gasteiger partial charge in [0.2, 0.25) is 11.8 Å². The SMILES string of the molecule is CCC1SC(=S)N(CCC(=O)Nc2cccc(C(F)(F)F)c2)C1=O. The Kier molecular flexibility index (Phi) is 5.87. The molecule has 1 unspecified atom stereocenters. The Labute approximate surface area is 146 Å². The summed E-state index contributed by atoms with van der Waals surface area (Å²) < 4.78 is 38.4. The first-order valence-corrected chi connectivity index (χ1v) is 8.50. The summed E-state index contributed by atoms with van der Waals surface area (Å²) in [7, 11) is 0. The second kappa shape index (κ2) is 7.52. The predicted molar refractivity (Wildman–Crippen MR) is 90.7 cm³/mol. The van der Waals surface area contributed by atoms with Gasteiger partial charge in [-0.15, -0.1) is 0 Å². The third-order valence-electron chi connectivity index (χ3n) is 3.41. The van der Waals surface area contributed by atoms with Crippen molar-refractivity contribution in [3.05, 3.63) is 29.8 Å². The molecule has 1 aliphatic rings. The number of nitrogens with one attached hydrogen (secondary N) is 1. The smallest absolute Gasteiger partial charge is 0.326 e. The van der Waals surface area contributed by atoms with E-state index in [2.05, 4.69) is 5.32 Å². The van der Waals surface area contributed by atoms with Gasteiger partial charge in [-0.25, -0.2) is 0 Å². The quantitative estimate of drug-likeness (QED) is 0.797. The van der Waals surface area contributed by atoms with Gasteiger partial charge in [-0.3, -0.25) is 14.5 Å². The van der Waals surface area contributed by atoms with E-state index in [4.69, 9.17) is 12.2 Å². The maximum atomic E-state index is 12.6. The van der Waals surface area contributed by atoms with Gasteiger partial charge < -0.3 is 5.32 Å². The van der Waals surface area contributed by atoms with Crippen molar-refractivity contribution in [2.24, 2.45) is 0 Å². The molecule has 1 fully saturated rings. The standard InChI is InChI=1S/C15H15F3N2O2S2/c1-2-11-13(22)20(14(23)24-11)7-6-12(21)19-10-5-3-4-9(8-10)15(16,17)18/h3-5,8,11H,2,6-7H2,1H3,(H,19,21). The lowest BCUT2D eigenvalue weighted by Crippen LogP contribution is -2.34. The predicted octanol–water partition coefficient (Wildman–Crippen LogP) is 3.67. The van der Waals surface area contributed by atoms with Crippen LogP contribution in [0.25, 0.3) is 0 Å². The van der Waals surface area contributed by atoms with Gasteiger partial charge in [0.05, 0.1) is 10.8 Å². The fraction of sp³-hybridized carbons (Fsp3) is 0.400. The van der Waals surface area contributed by atoms with Crippen LogP contribution in [-0.2, 0) is 15.8 Å². The molecular weight excluding hydrogens is 361 g/mol. The first-order chi connectivity index (χ1) is 11.2. The van der Waals surface area contributed by atoms with Gasteiger partial charge >= 0.3 is 6.18 Å². The summed E-state index contributed by atoms with van der Waals surface area (Å²) in [4.78, 5) is 25.3. The van der Waals surface area contributed by atoms with Crippen LogP contribution in [0, 0.1) is 0 Å². The number of carbonyl (C=O) groups excluding carboxylic acids is 2. The summed E-state index contributed by atoms with van der Waals surface area (Å²) in [6.45, 7) is 1.99. The first kappa shape index (κ1) is 18.7. The second-order valence-corrected chi connectivity index (χ2v) is 6.98. The van der Waals surface area contributed by atoms with Crippen LogP contribution >= 0.6 is 24.0 Å². The molecule has 1 atom stereocenters. The number of benzene rings is 1. The maximum Gasteiger partial charge on any atom is 0.416 e. The summed E-state index contributed by atoms with van der Waals surface area (Å²) in [6, 6.07) is 4.40. The largest absolute Gasteiger partial charge is 0.416 e. The monoisotopic (exact) mass is 376 g/mol. The number of amides is 2. The van der Waals surface area contributed by atoms with Crippen molar-refractivity contribution in [2.45, 2.75) is 31.2 Å². The highest BCUT2D eigenvalue weighted by Crippen LogP contribution is 2.31. The molecule has 1 aromatic rings. The lowest BCUT2D eigenvalue weighted by molar-refractivity contribution is -0.137. The van der Waals surface area contributed by atoms with Gasteiger partial charge in [0.1, 0.15) is 4.32 Å². The first-order valence-electron chi connectivity index (χ1n) is 7.21. The van der Waals surface area contributed by atoms with Crippen molar-refractivity contribution in [1.82, 2.24) is 4.90 Å². The molecule has 1 saturated heterocycles. The van der Waals surface area contributed by atoms with Crippen molar-refractivity contribution >= 4 is 45.8 Å². The summed E-state index contributed by atoms with van der Waals surface area (Å²) in [5, 5.41) is 2.19. The summed E-state index contributed by atoms with van der Waals surface area (Å²) in [6.07, 6.45) is -3.86. The van der Waals surface area contributed by atoms with Crippen molar-refractivity contribution in [3.63, 3.8) is 0 Å². The number of thioether (sulfide) groups is 1. The minimum atomic E-state index is -4.47. The van der Waals surface area contributed by atoms with Gasteiger partial charge in [-0.2, -0.15) is 13.2 Å². The third kappa shape index (κ3) is 4.47. The molecule has 0 bridgehead atoms. The van der Waals surface area contributed by atoms with Crippen LogP contribution < -0.4 is 5.32 Å². The maximum absolute atomic E-state index is 12.6. The molecule has 1 aromatic carbocycles. The van der Waals surface area contributed by atoms with Gasteiger partial charge in [0.15, 0.2) is 0 Å². The van der Waals surface area contributed by atoms with E-state index < -0.39 is 17.6 Å². The van der Waals surface area contributed by atoms with E-state index in [0.717, 1.165) is 12.1 Å². The molecule has 130 valence electrons. The molecule has 1 N–H and O–H groups in total. The van der Waals surface area contributed by atoms with Crippen molar-refractivity contribution in [3.8, 4) is 0 Å². The van der Waals surface area contributed by atoms with Gasteiger partial charge in [-0.1, -0.05) is 37.0 Å². The number of alkyl halides is 3. The fourth-order valence-corrected chi connectivity index (χ4v) is 3.65. The van der Waals surface area contributed by atoms with Gasteiger partial charge in [0.25, 0.3) is 0 Å². The Morgan fingerprint density at radius 1 is 1.42 bits per heavy atom. The Hall–Kier alpha value is -1.61. The van der Waals surface area contributed by atoms with Crippen molar-refractivity contribution < 1.29 is 22.8 Å². The van der Waals surface area contributed by atoms with Gasteiger partial charge in [0, 0.05) is 18.7 Å². The number of halogens is 3. The molecule has 2 amide bonds. The Morgan fingerprint density at radius 2 is 2.12 bits per heavy atom. The van der Waals surface area contributed by atoms with E-state index in [1.165, 1.54) is 28.8 Å². The Balaban J connectivity index is 1.93. The average Bonchev–Trinajstić information content (AvgIpc) is 2.78. The van der Waals surface area contributed by atoms with Crippen LogP contribution in [0.4, 0.5) is 18.9 Å². The van der Waals surface area contributed by atoms with Crippen LogP contribution in [0.3, 0.4) is 0 Å². The molecule has 0 aliphatic carbocycles. The average molecular weight is 376 g/mol. The molecule has 24 heavy (non-hydrogen) atoms. The number of carbonyl (C=O) groups is 2. The van der Waals surface area contributed by atoms with E-state index >= 15 is 0 Å². The van der Waals surface area contributed by atoms with E-state index in [1.54, 1.807) is 0 Å². The van der Waals surface area contributed by atoms with Crippen LogP contribution in [0.1, 0.15) is 25.3 Å². The third-order valence-corrected chi connectivity index (χ3v) is 5.16. The number of anilines is 1. The minimum Gasteiger partial charge on any atom is -0.326 e. The molecule has 9 heteroatoms. The molecular formula is C15H15F3N2O2S2. The van der Waals surface area contributed by atoms with Crippen LogP contribution in [0.2, 0.25) is 0 Å². The number of nitrogens with zero attached hydrogens (tertiary/aromatic N) is 1. The summed E-state index contributed by atoms with van der Waals surface area (Å²) in [5.74, 6) is -0.603. The zero-order valence-electron chi connectivity index (χ0n) is 12.7. The molecule has 1 heterocycles. The topological polar surface area (TPSA) is 49.4 Å². The van der Waals surface area contributed by atoms with Crippen LogP contribution in [-0.4, -0.2) is 32.8 Å². The van der Waals surface area contributed by atoms with Crippen LogP contribution in [0.15, 0.2) is 24.3 Å². The lowest BCUT2D eigenvalue weighted by Gasteiger charge is -2.15. The molecule has 0 spiro atoms. The normalized spacial score (nSPS) is 18.2. The fourth-order valence-electron chi connectivity index (χ4n) is 2.17. The molecule has 1 aliphatic heterocycles. The molecule has 0 saturated carbocycles. The van der Waals surface area contributed by atoms with E-state index in [9.17, 15) is 22.8 Å². The molecule has 2 rings (SSSR count). The summed E-state index contributed by atoms with van der Waals surface area (Å²) >= 11 is 6.41. The summed E-state index contributed by atoms with van der Waals surface area (Å²) in [5.41, 5.74) is -0.774. The van der Waals surface area contributed by atoms with E-state index in [1.807, 2.05) is 6.92 Å². The molecule has 0 aromatic heterocycles. The minimum absolute atomic E-state index is 0.0425. The lowest BCUT2D eigenvalue weighted by atomic mass is 10.2. The van der Waals surface area contributed by atoms with E-state index in [0.29, 0.717) is 10.7 Å². The number of rotatable bonds is 5. The van der Waals surface area contributed by atoms with Gasteiger partial charge in [-0.05, 0) is 24.6 Å². The molecule has 0 radical (unpaired) electrons. The number of hydrogen-bond donors (Lipinski definition) is 1. The number of thiocarbonyl (C=S) groups is 1. The van der Waals surface area contributed by atoms with Crippen LogP contribution in [0.5, 0.6) is 0 Å². The van der Waals surface area contributed by atoms with Crippen molar-refractivity contribution in [2.75, 3.05) is 11.9 Å².